The zero-order chi connectivity index (χ0) is 29.7. The minimum absolute atomic E-state index is 0.0512. The van der Waals surface area contributed by atoms with E-state index < -0.39 is 0 Å². The van der Waals surface area contributed by atoms with Gasteiger partial charge in [0.2, 0.25) is 5.91 Å². The molecule has 43 heavy (non-hydrogen) atoms. The summed E-state index contributed by atoms with van der Waals surface area (Å²) >= 11 is 0. The number of hydrogen-bond donors (Lipinski definition) is 0. The highest BCUT2D eigenvalue weighted by atomic mass is 16.5. The highest BCUT2D eigenvalue weighted by Crippen LogP contribution is 2.64. The van der Waals surface area contributed by atoms with Crippen molar-refractivity contribution in [2.75, 3.05) is 27.2 Å². The molecule has 3 aromatic rings. The van der Waals surface area contributed by atoms with E-state index in [4.69, 9.17) is 18.6 Å². The number of benzene rings is 2. The third-order valence-corrected chi connectivity index (χ3v) is 10.3. The number of carbonyl (C=O) groups is 2. The number of amides is 1. The Labute approximate surface area is 252 Å². The van der Waals surface area contributed by atoms with Gasteiger partial charge in [-0.05, 0) is 67.5 Å². The Kier molecular flexibility index (Phi) is 7.04. The van der Waals surface area contributed by atoms with Gasteiger partial charge >= 0.3 is 5.97 Å². The van der Waals surface area contributed by atoms with E-state index >= 15 is 0 Å². The third-order valence-electron chi connectivity index (χ3n) is 10.3. The molecule has 1 saturated carbocycles. The first-order chi connectivity index (χ1) is 20.9. The van der Waals surface area contributed by atoms with Gasteiger partial charge in [-0.3, -0.25) is 14.5 Å². The SMILES string of the molecule is COc1ccc2c3c1O[C@H]1[C@H](N(C)C(=O)C=Cc4ccoc4)CC[C@H]4[C@@H](C2)N(CC(OC(C)=O)c2ccccc2)CC[C@@]341. The average molecular weight is 583 g/mol. The van der Waals surface area contributed by atoms with E-state index in [-0.39, 0.29) is 41.6 Å². The van der Waals surface area contributed by atoms with Crippen LogP contribution in [0.1, 0.15) is 54.5 Å². The second-order valence-corrected chi connectivity index (χ2v) is 12.3. The number of carbonyl (C=O) groups excluding carboxylic acids is 2. The van der Waals surface area contributed by atoms with Crippen LogP contribution in [0.5, 0.6) is 11.5 Å². The molecule has 2 aromatic carbocycles. The number of esters is 1. The quantitative estimate of drug-likeness (QED) is 0.268. The van der Waals surface area contributed by atoms with Crippen molar-refractivity contribution in [3.8, 4) is 11.5 Å². The molecule has 1 spiro atoms. The summed E-state index contributed by atoms with van der Waals surface area (Å²) in [4.78, 5) is 30.0. The van der Waals surface area contributed by atoms with Gasteiger partial charge in [0.25, 0.3) is 0 Å². The monoisotopic (exact) mass is 582 g/mol. The molecule has 8 heteroatoms. The summed E-state index contributed by atoms with van der Waals surface area (Å²) in [5.41, 5.74) is 4.23. The molecule has 4 aliphatic rings. The van der Waals surface area contributed by atoms with Crippen LogP contribution in [0.4, 0.5) is 0 Å². The second-order valence-electron chi connectivity index (χ2n) is 12.3. The maximum atomic E-state index is 13.4. The second kappa shape index (κ2) is 10.9. The maximum absolute atomic E-state index is 13.4. The fourth-order valence-electron chi connectivity index (χ4n) is 8.48. The summed E-state index contributed by atoms with van der Waals surface area (Å²) in [7, 11) is 3.59. The lowest BCUT2D eigenvalue weighted by atomic mass is 9.51. The predicted molar refractivity (Wildman–Crippen MR) is 161 cm³/mol. The Bertz CT molecular complexity index is 1540. The van der Waals surface area contributed by atoms with Gasteiger partial charge in [-0.25, -0.2) is 0 Å². The van der Waals surface area contributed by atoms with Crippen molar-refractivity contribution < 1.29 is 28.2 Å². The molecule has 224 valence electrons. The van der Waals surface area contributed by atoms with E-state index in [1.54, 1.807) is 31.8 Å². The molecule has 3 heterocycles. The summed E-state index contributed by atoms with van der Waals surface area (Å²) < 4.78 is 23.8. The van der Waals surface area contributed by atoms with Crippen LogP contribution < -0.4 is 9.47 Å². The van der Waals surface area contributed by atoms with E-state index in [0.29, 0.717) is 12.5 Å². The smallest absolute Gasteiger partial charge is 0.303 e. The third kappa shape index (κ3) is 4.54. The van der Waals surface area contributed by atoms with Crippen LogP contribution in [0.15, 0.2) is 71.6 Å². The highest BCUT2D eigenvalue weighted by Gasteiger charge is 2.66. The van der Waals surface area contributed by atoms with Crippen molar-refractivity contribution in [3.63, 3.8) is 0 Å². The molecule has 6 atom stereocenters. The standard InChI is InChI=1S/C35H38N2O6/c1-22(38)42-30(24-7-5-4-6-8-24)20-37-17-16-35-26-11-12-27(36(2)31(39)14-9-23-15-18-41-21-23)34(35)43-33-29(40-3)13-10-25(32(33)35)19-28(26)37/h4-10,13-15,18,21,26-28,30,34H,11-12,16-17,19-20H2,1-3H3/t26-,27+,28+,30?,34-,35-/m0/s1. The van der Waals surface area contributed by atoms with Gasteiger partial charge in [-0.2, -0.15) is 0 Å². The lowest BCUT2D eigenvalue weighted by Crippen LogP contribution is -2.69. The summed E-state index contributed by atoms with van der Waals surface area (Å²) in [6, 6.07) is 16.3. The van der Waals surface area contributed by atoms with Crippen LogP contribution in [0.25, 0.3) is 6.08 Å². The Morgan fingerprint density at radius 3 is 2.74 bits per heavy atom. The van der Waals surface area contributed by atoms with Crippen molar-refractivity contribution in [2.24, 2.45) is 5.92 Å². The number of hydrogen-bond acceptors (Lipinski definition) is 7. The maximum Gasteiger partial charge on any atom is 0.303 e. The van der Waals surface area contributed by atoms with Gasteiger partial charge in [0.1, 0.15) is 12.2 Å². The number of likely N-dealkylation sites (tertiary alicyclic amines) is 1. The summed E-state index contributed by atoms with van der Waals surface area (Å²) in [5, 5.41) is 0. The molecule has 2 aliphatic carbocycles. The first-order valence-corrected chi connectivity index (χ1v) is 15.2. The van der Waals surface area contributed by atoms with Crippen LogP contribution in [0.2, 0.25) is 0 Å². The number of methoxy groups -OCH3 is 1. The number of rotatable bonds is 8. The van der Waals surface area contributed by atoms with Crippen LogP contribution in [0, 0.1) is 5.92 Å². The van der Waals surface area contributed by atoms with E-state index in [2.05, 4.69) is 11.0 Å². The minimum atomic E-state index is -0.335. The van der Waals surface area contributed by atoms with Crippen LogP contribution in [0.3, 0.4) is 0 Å². The number of likely N-dealkylation sites (N-methyl/N-ethyl adjacent to an activating group) is 1. The Balaban J connectivity index is 1.22. The molecule has 1 aromatic heterocycles. The van der Waals surface area contributed by atoms with Gasteiger partial charge in [-0.15, -0.1) is 0 Å². The van der Waals surface area contributed by atoms with Crippen LogP contribution >= 0.6 is 0 Å². The molecular formula is C35H38N2O6. The molecule has 1 amide bonds. The Morgan fingerprint density at radius 2 is 2.00 bits per heavy atom. The van der Waals surface area contributed by atoms with Gasteiger partial charge in [-0.1, -0.05) is 36.4 Å². The molecule has 1 saturated heterocycles. The molecule has 2 bridgehead atoms. The summed E-state index contributed by atoms with van der Waals surface area (Å²) in [5.74, 6) is 1.64. The first-order valence-electron chi connectivity index (χ1n) is 15.2. The first kappa shape index (κ1) is 27.8. The van der Waals surface area contributed by atoms with Gasteiger partial charge in [0, 0.05) is 49.2 Å². The summed E-state index contributed by atoms with van der Waals surface area (Å²) in [6.45, 7) is 2.98. The fourth-order valence-corrected chi connectivity index (χ4v) is 8.48. The summed E-state index contributed by atoms with van der Waals surface area (Å²) in [6.07, 6.45) is 9.76. The molecule has 2 fully saturated rings. The largest absolute Gasteiger partial charge is 0.493 e. The van der Waals surface area contributed by atoms with E-state index in [9.17, 15) is 9.59 Å². The lowest BCUT2D eigenvalue weighted by molar-refractivity contribution is -0.150. The minimum Gasteiger partial charge on any atom is -0.493 e. The topological polar surface area (TPSA) is 81.5 Å². The van der Waals surface area contributed by atoms with E-state index in [1.165, 1.54) is 18.1 Å². The average Bonchev–Trinajstić information content (AvgIpc) is 3.66. The van der Waals surface area contributed by atoms with Crippen LogP contribution in [-0.2, 0) is 26.2 Å². The Hall–Kier alpha value is -4.04. The van der Waals surface area contributed by atoms with Crippen molar-refractivity contribution in [2.45, 2.75) is 62.3 Å². The fraction of sp³-hybridized carbons (Fsp3) is 0.429. The molecule has 7 rings (SSSR count). The molecular weight excluding hydrogens is 544 g/mol. The van der Waals surface area contributed by atoms with Gasteiger partial charge in [0.15, 0.2) is 11.5 Å². The zero-order valence-electron chi connectivity index (χ0n) is 24.9. The number of nitrogens with zero attached hydrogens (tertiary/aromatic N) is 2. The Morgan fingerprint density at radius 1 is 1.16 bits per heavy atom. The molecule has 2 aliphatic heterocycles. The normalized spacial score (nSPS) is 27.7. The van der Waals surface area contributed by atoms with E-state index in [1.807, 2.05) is 54.4 Å². The van der Waals surface area contributed by atoms with E-state index in [0.717, 1.165) is 54.9 Å². The predicted octanol–water partition coefficient (Wildman–Crippen LogP) is 5.17. The van der Waals surface area contributed by atoms with Gasteiger partial charge < -0.3 is 23.5 Å². The lowest BCUT2D eigenvalue weighted by Gasteiger charge is -2.60. The van der Waals surface area contributed by atoms with Crippen LogP contribution in [-0.4, -0.2) is 67.1 Å². The number of ether oxygens (including phenoxy) is 3. The zero-order valence-corrected chi connectivity index (χ0v) is 24.9. The molecule has 8 nitrogen and oxygen atoms in total. The van der Waals surface area contributed by atoms with Crippen molar-refractivity contribution in [3.05, 3.63) is 89.4 Å². The number of piperidine rings is 1. The number of furan rings is 1. The molecule has 0 N–H and O–H groups in total. The molecule has 1 unspecified atom stereocenters. The molecule has 0 radical (unpaired) electrons. The van der Waals surface area contributed by atoms with Crippen molar-refractivity contribution in [1.82, 2.24) is 9.80 Å². The van der Waals surface area contributed by atoms with Crippen molar-refractivity contribution >= 4 is 18.0 Å². The van der Waals surface area contributed by atoms with Crippen molar-refractivity contribution in [1.29, 1.82) is 0 Å². The highest BCUT2D eigenvalue weighted by molar-refractivity contribution is 5.91. The van der Waals surface area contributed by atoms with Gasteiger partial charge in [0.05, 0.1) is 25.7 Å².